The number of nitro benzene ring substituents is 1. The molecular weight excluding hydrogens is 248 g/mol. The molecule has 6 heteroatoms. The van der Waals surface area contributed by atoms with Crippen molar-refractivity contribution in [3.63, 3.8) is 0 Å². The predicted molar refractivity (Wildman–Crippen MR) is 71.0 cm³/mol. The van der Waals surface area contributed by atoms with Gasteiger partial charge in [-0.1, -0.05) is 26.0 Å². The molecule has 6 nitrogen and oxygen atoms in total. The van der Waals surface area contributed by atoms with Crippen molar-refractivity contribution in [2.24, 2.45) is 0 Å². The van der Waals surface area contributed by atoms with E-state index in [2.05, 4.69) is 0 Å². The molecule has 1 N–H and O–H groups in total. The fourth-order valence-corrected chi connectivity index (χ4v) is 2.17. The summed E-state index contributed by atoms with van der Waals surface area (Å²) in [5.41, 5.74) is 0.808. The van der Waals surface area contributed by atoms with Crippen LogP contribution >= 0.6 is 0 Å². The van der Waals surface area contributed by atoms with E-state index in [0.717, 1.165) is 5.56 Å². The van der Waals surface area contributed by atoms with Gasteiger partial charge in [0.15, 0.2) is 0 Å². The number of carboxylic acid groups (broad SMARTS) is 1. The highest BCUT2D eigenvalue weighted by Crippen LogP contribution is 2.26. The molecule has 0 saturated heterocycles. The summed E-state index contributed by atoms with van der Waals surface area (Å²) in [5, 5.41) is 19.7. The SMILES string of the molecule is CCC(c1cccc([N+](=O)[O-])c1)N(CC)CC(=O)O. The van der Waals surface area contributed by atoms with E-state index in [4.69, 9.17) is 5.11 Å². The lowest BCUT2D eigenvalue weighted by atomic mass is 10.0. The zero-order valence-electron chi connectivity index (χ0n) is 11.1. The second kappa shape index (κ2) is 6.84. The molecule has 0 aliphatic carbocycles. The van der Waals surface area contributed by atoms with Crippen molar-refractivity contribution in [2.75, 3.05) is 13.1 Å². The molecule has 0 aliphatic heterocycles. The molecule has 1 atom stereocenters. The van der Waals surface area contributed by atoms with Gasteiger partial charge in [0.1, 0.15) is 0 Å². The quantitative estimate of drug-likeness (QED) is 0.605. The Hall–Kier alpha value is -1.95. The van der Waals surface area contributed by atoms with Crippen LogP contribution in [0.2, 0.25) is 0 Å². The lowest BCUT2D eigenvalue weighted by molar-refractivity contribution is -0.385. The van der Waals surface area contributed by atoms with Crippen molar-refractivity contribution in [1.29, 1.82) is 0 Å². The zero-order valence-corrected chi connectivity index (χ0v) is 11.1. The minimum atomic E-state index is -0.897. The van der Waals surface area contributed by atoms with E-state index in [1.54, 1.807) is 17.0 Å². The Balaban J connectivity index is 3.04. The summed E-state index contributed by atoms with van der Waals surface area (Å²) in [6.45, 7) is 4.32. The maximum Gasteiger partial charge on any atom is 0.317 e. The van der Waals surface area contributed by atoms with E-state index in [-0.39, 0.29) is 18.3 Å². The molecule has 1 unspecified atom stereocenters. The predicted octanol–water partition coefficient (Wildman–Crippen LogP) is 2.45. The third kappa shape index (κ3) is 4.03. The summed E-state index contributed by atoms with van der Waals surface area (Å²) in [5.74, 6) is -0.897. The van der Waals surface area contributed by atoms with Gasteiger partial charge in [0, 0.05) is 18.2 Å². The maximum atomic E-state index is 10.8. The number of hydrogen-bond donors (Lipinski definition) is 1. The summed E-state index contributed by atoms with van der Waals surface area (Å²) < 4.78 is 0. The van der Waals surface area contributed by atoms with Gasteiger partial charge < -0.3 is 5.11 Å². The number of likely N-dealkylation sites (N-methyl/N-ethyl adjacent to an activating group) is 1. The second-order valence-electron chi connectivity index (χ2n) is 4.23. The summed E-state index contributed by atoms with van der Waals surface area (Å²) in [6.07, 6.45) is 0.697. The Morgan fingerprint density at radius 3 is 2.63 bits per heavy atom. The van der Waals surface area contributed by atoms with E-state index in [1.807, 2.05) is 13.8 Å². The first kappa shape index (κ1) is 15.1. The van der Waals surface area contributed by atoms with Crippen LogP contribution in [0, 0.1) is 10.1 Å². The molecule has 104 valence electrons. The number of non-ortho nitro benzene ring substituents is 1. The number of nitrogens with zero attached hydrogens (tertiary/aromatic N) is 2. The molecule has 0 spiro atoms. The van der Waals surface area contributed by atoms with Crippen molar-refractivity contribution in [3.05, 3.63) is 39.9 Å². The van der Waals surface area contributed by atoms with E-state index >= 15 is 0 Å². The van der Waals surface area contributed by atoms with Crippen LogP contribution in [-0.2, 0) is 4.79 Å². The molecule has 0 aromatic heterocycles. The van der Waals surface area contributed by atoms with Gasteiger partial charge in [-0.2, -0.15) is 0 Å². The third-order valence-electron chi connectivity index (χ3n) is 3.04. The van der Waals surface area contributed by atoms with Crippen LogP contribution in [0.5, 0.6) is 0 Å². The Kier molecular flexibility index (Phi) is 5.44. The van der Waals surface area contributed by atoms with Gasteiger partial charge in [0.25, 0.3) is 5.69 Å². The first-order valence-corrected chi connectivity index (χ1v) is 6.19. The number of rotatable bonds is 7. The topological polar surface area (TPSA) is 83.7 Å². The number of aliphatic carboxylic acids is 1. The monoisotopic (exact) mass is 266 g/mol. The second-order valence-corrected chi connectivity index (χ2v) is 4.23. The molecule has 0 bridgehead atoms. The van der Waals surface area contributed by atoms with E-state index in [1.165, 1.54) is 12.1 Å². The number of carboxylic acids is 1. The van der Waals surface area contributed by atoms with Crippen molar-refractivity contribution in [3.8, 4) is 0 Å². The molecule has 0 fully saturated rings. The first-order chi connectivity index (χ1) is 8.99. The van der Waals surface area contributed by atoms with Crippen molar-refractivity contribution < 1.29 is 14.8 Å². The fraction of sp³-hybridized carbons (Fsp3) is 0.462. The van der Waals surface area contributed by atoms with Crippen molar-refractivity contribution in [1.82, 2.24) is 4.90 Å². The molecule has 0 radical (unpaired) electrons. The van der Waals surface area contributed by atoms with Crippen LogP contribution in [0.1, 0.15) is 31.9 Å². The summed E-state index contributed by atoms with van der Waals surface area (Å²) in [6, 6.07) is 6.25. The van der Waals surface area contributed by atoms with Gasteiger partial charge >= 0.3 is 5.97 Å². The molecular formula is C13H18N2O4. The summed E-state index contributed by atoms with van der Waals surface area (Å²) in [7, 11) is 0. The number of nitro groups is 1. The van der Waals surface area contributed by atoms with Crippen molar-refractivity contribution >= 4 is 11.7 Å². The van der Waals surface area contributed by atoms with Gasteiger partial charge in [0.2, 0.25) is 0 Å². The molecule has 0 aliphatic rings. The van der Waals surface area contributed by atoms with Gasteiger partial charge in [-0.3, -0.25) is 19.8 Å². The van der Waals surface area contributed by atoms with Crippen LogP contribution in [-0.4, -0.2) is 34.0 Å². The summed E-state index contributed by atoms with van der Waals surface area (Å²) >= 11 is 0. The Morgan fingerprint density at radius 1 is 1.47 bits per heavy atom. The molecule has 0 heterocycles. The highest BCUT2D eigenvalue weighted by atomic mass is 16.6. The smallest absolute Gasteiger partial charge is 0.317 e. The number of carbonyl (C=O) groups is 1. The normalized spacial score (nSPS) is 12.4. The van der Waals surface area contributed by atoms with E-state index in [9.17, 15) is 14.9 Å². The Bertz CT molecular complexity index is 462. The number of hydrogen-bond acceptors (Lipinski definition) is 4. The zero-order chi connectivity index (χ0) is 14.4. The highest BCUT2D eigenvalue weighted by molar-refractivity contribution is 5.69. The maximum absolute atomic E-state index is 10.8. The number of benzene rings is 1. The highest BCUT2D eigenvalue weighted by Gasteiger charge is 2.21. The van der Waals surface area contributed by atoms with Crippen LogP contribution in [0.4, 0.5) is 5.69 Å². The molecule has 0 saturated carbocycles. The molecule has 0 amide bonds. The van der Waals surface area contributed by atoms with Crippen molar-refractivity contribution in [2.45, 2.75) is 26.3 Å². The molecule has 1 rings (SSSR count). The van der Waals surface area contributed by atoms with Gasteiger partial charge in [-0.05, 0) is 18.5 Å². The van der Waals surface area contributed by atoms with E-state index < -0.39 is 10.9 Å². The first-order valence-electron chi connectivity index (χ1n) is 6.19. The fourth-order valence-electron chi connectivity index (χ4n) is 2.17. The van der Waals surface area contributed by atoms with Crippen LogP contribution in [0.25, 0.3) is 0 Å². The van der Waals surface area contributed by atoms with Crippen LogP contribution < -0.4 is 0 Å². The van der Waals surface area contributed by atoms with E-state index in [0.29, 0.717) is 13.0 Å². The molecule has 1 aromatic carbocycles. The minimum absolute atomic E-state index is 0.0299. The molecule has 1 aromatic rings. The average Bonchev–Trinajstić information content (AvgIpc) is 2.38. The largest absolute Gasteiger partial charge is 0.480 e. The third-order valence-corrected chi connectivity index (χ3v) is 3.04. The lowest BCUT2D eigenvalue weighted by Gasteiger charge is -2.28. The van der Waals surface area contributed by atoms with Crippen LogP contribution in [0.3, 0.4) is 0 Å². The molecule has 19 heavy (non-hydrogen) atoms. The lowest BCUT2D eigenvalue weighted by Crippen LogP contribution is -2.33. The summed E-state index contributed by atoms with van der Waals surface area (Å²) in [4.78, 5) is 23.0. The standard InChI is InChI=1S/C13H18N2O4/c1-3-12(14(4-2)9-13(16)17)10-6-5-7-11(8-10)15(18)19/h5-8,12H,3-4,9H2,1-2H3,(H,16,17). The van der Waals surface area contributed by atoms with Crippen LogP contribution in [0.15, 0.2) is 24.3 Å². The minimum Gasteiger partial charge on any atom is -0.480 e. The average molecular weight is 266 g/mol. The Labute approximate surface area is 111 Å². The van der Waals surface area contributed by atoms with Gasteiger partial charge in [-0.15, -0.1) is 0 Å². The Morgan fingerprint density at radius 2 is 2.16 bits per heavy atom. The van der Waals surface area contributed by atoms with Gasteiger partial charge in [0.05, 0.1) is 11.5 Å². The van der Waals surface area contributed by atoms with Gasteiger partial charge in [-0.25, -0.2) is 0 Å².